The fraction of sp³-hybridized carbons (Fsp3) is 0.370. The lowest BCUT2D eigenvalue weighted by atomic mass is 10.0. The minimum absolute atomic E-state index is 0.0589. The topological polar surface area (TPSA) is 113 Å². The van der Waals surface area contributed by atoms with Gasteiger partial charge < -0.3 is 28.6 Å². The molecule has 4 aromatic rings. The number of carbonyl (C=O) groups is 1. The van der Waals surface area contributed by atoms with Gasteiger partial charge in [-0.05, 0) is 37.1 Å². The van der Waals surface area contributed by atoms with Crippen LogP contribution in [0.25, 0.3) is 21.5 Å². The van der Waals surface area contributed by atoms with Crippen LogP contribution in [0, 0.1) is 5.82 Å². The van der Waals surface area contributed by atoms with Crippen LogP contribution in [0.4, 0.5) is 4.39 Å². The molecule has 2 aliphatic heterocycles. The molecular formula is C27H21Cl2FN2O7S. The van der Waals surface area contributed by atoms with Crippen LogP contribution in [0.3, 0.4) is 0 Å². The molecule has 9 nitrogen and oxygen atoms in total. The second-order valence-electron chi connectivity index (χ2n) is 9.94. The molecule has 208 valence electrons. The van der Waals surface area contributed by atoms with Gasteiger partial charge in [0.15, 0.2) is 11.9 Å². The average molecular weight is 607 g/mol. The minimum Gasteiger partial charge on any atom is -0.478 e. The highest BCUT2D eigenvalue weighted by Gasteiger charge is 2.50. The lowest BCUT2D eigenvalue weighted by Gasteiger charge is -2.17. The molecule has 0 unspecified atom stereocenters. The number of hydrogen-bond acceptors (Lipinski definition) is 9. The maximum atomic E-state index is 14.4. The van der Waals surface area contributed by atoms with Crippen molar-refractivity contribution in [3.63, 3.8) is 0 Å². The maximum Gasteiger partial charge on any atom is 0.335 e. The predicted octanol–water partition coefficient (Wildman–Crippen LogP) is 6.10. The Morgan fingerprint density at radius 1 is 1.12 bits per heavy atom. The first-order valence-corrected chi connectivity index (χ1v) is 14.2. The Bertz CT molecular complexity index is 1600. The Hall–Kier alpha value is -2.80. The zero-order valence-electron chi connectivity index (χ0n) is 20.6. The first-order valence-electron chi connectivity index (χ1n) is 12.6. The lowest BCUT2D eigenvalue weighted by Crippen LogP contribution is -2.35. The smallest absolute Gasteiger partial charge is 0.335 e. The zero-order chi connectivity index (χ0) is 27.5. The third-order valence-electron chi connectivity index (χ3n) is 7.30. The van der Waals surface area contributed by atoms with E-state index < -0.39 is 24.0 Å². The Morgan fingerprint density at radius 2 is 1.85 bits per heavy atom. The van der Waals surface area contributed by atoms with Crippen molar-refractivity contribution in [2.45, 2.75) is 49.8 Å². The number of aromatic nitrogens is 2. The SMILES string of the molecule is O=C(O)c1cc(F)c2nc(O[C@@H]3CO[C@H]4[C@@H]3OC[C@H]4OCc3c(-c4c(Cl)cccc4Cl)noc3C3CC3)sc2c1. The molecule has 40 heavy (non-hydrogen) atoms. The van der Waals surface area contributed by atoms with E-state index in [-0.39, 0.29) is 48.3 Å². The summed E-state index contributed by atoms with van der Waals surface area (Å²) in [7, 11) is 0. The van der Waals surface area contributed by atoms with Crippen molar-refractivity contribution in [3.8, 4) is 16.5 Å². The van der Waals surface area contributed by atoms with E-state index in [0.717, 1.165) is 41.6 Å². The summed E-state index contributed by atoms with van der Waals surface area (Å²) in [5.74, 6) is -0.862. The van der Waals surface area contributed by atoms with Crippen molar-refractivity contribution in [2.75, 3.05) is 13.2 Å². The van der Waals surface area contributed by atoms with Crippen LogP contribution < -0.4 is 4.74 Å². The fourth-order valence-corrected chi connectivity index (χ4v) is 6.68. The third kappa shape index (κ3) is 4.64. The zero-order valence-corrected chi connectivity index (χ0v) is 23.0. The van der Waals surface area contributed by atoms with Crippen LogP contribution in [0.1, 0.15) is 40.4 Å². The van der Waals surface area contributed by atoms with Crippen molar-refractivity contribution in [1.29, 1.82) is 0 Å². The van der Waals surface area contributed by atoms with E-state index in [1.54, 1.807) is 18.2 Å². The van der Waals surface area contributed by atoms with E-state index in [0.29, 0.717) is 31.9 Å². The highest BCUT2D eigenvalue weighted by atomic mass is 35.5. The second kappa shape index (κ2) is 10.2. The number of hydrogen-bond donors (Lipinski definition) is 1. The number of fused-ring (bicyclic) bond motifs is 2. The molecule has 0 amide bonds. The number of thiazole rings is 1. The van der Waals surface area contributed by atoms with Crippen molar-refractivity contribution in [1.82, 2.24) is 10.1 Å². The van der Waals surface area contributed by atoms with Gasteiger partial charge in [0.2, 0.25) is 0 Å². The molecule has 2 saturated heterocycles. The molecule has 3 fully saturated rings. The lowest BCUT2D eigenvalue weighted by molar-refractivity contribution is -0.0428. The van der Waals surface area contributed by atoms with E-state index in [4.69, 9.17) is 46.7 Å². The Morgan fingerprint density at radius 3 is 2.58 bits per heavy atom. The van der Waals surface area contributed by atoms with E-state index in [2.05, 4.69) is 10.1 Å². The van der Waals surface area contributed by atoms with Crippen LogP contribution in [0.2, 0.25) is 10.0 Å². The second-order valence-corrected chi connectivity index (χ2v) is 11.7. The molecule has 1 saturated carbocycles. The average Bonchev–Trinajstić information content (AvgIpc) is 3.23. The molecular weight excluding hydrogens is 586 g/mol. The molecule has 0 spiro atoms. The standard InChI is InChI=1S/C27H21Cl2FN2O7S/c28-14-2-1-3-15(29)20(14)21-13(23(39-32-21)11-4-5-11)8-35-17-9-36-25-18(10-37-24(17)25)38-27-31-22-16(30)6-12(26(33)34)7-19(22)40-27/h1-3,6-7,11,17-18,24-25H,4-5,8-10H2,(H,33,34)/t17-,18-,24-,25-/m1/s1. The Kier molecular flexibility index (Phi) is 6.68. The van der Waals surface area contributed by atoms with Gasteiger partial charge in [-0.1, -0.05) is 45.8 Å². The molecule has 7 rings (SSSR count). The summed E-state index contributed by atoms with van der Waals surface area (Å²) in [6.07, 6.45) is 0.373. The molecule has 4 atom stereocenters. The number of benzene rings is 2. The molecule has 2 aromatic heterocycles. The van der Waals surface area contributed by atoms with Gasteiger partial charge in [-0.2, -0.15) is 4.98 Å². The number of nitrogens with zero attached hydrogens (tertiary/aromatic N) is 2. The van der Waals surface area contributed by atoms with Gasteiger partial charge in [0.05, 0.1) is 40.1 Å². The van der Waals surface area contributed by atoms with Crippen LogP contribution in [0.5, 0.6) is 5.19 Å². The van der Waals surface area contributed by atoms with Crippen molar-refractivity contribution < 1.29 is 37.8 Å². The van der Waals surface area contributed by atoms with Gasteiger partial charge in [0.25, 0.3) is 5.19 Å². The Balaban J connectivity index is 1.06. The number of carboxylic acids is 1. The van der Waals surface area contributed by atoms with Crippen molar-refractivity contribution >= 4 is 50.7 Å². The summed E-state index contributed by atoms with van der Waals surface area (Å²) in [5, 5.41) is 14.7. The molecule has 0 radical (unpaired) electrons. The molecule has 13 heteroatoms. The van der Waals surface area contributed by atoms with E-state index in [9.17, 15) is 14.3 Å². The molecule has 4 heterocycles. The number of ether oxygens (including phenoxy) is 4. The monoisotopic (exact) mass is 606 g/mol. The number of halogens is 3. The highest BCUT2D eigenvalue weighted by Crippen LogP contribution is 2.46. The quantitative estimate of drug-likeness (QED) is 0.254. The Labute approximate surface area is 240 Å². The van der Waals surface area contributed by atoms with Gasteiger partial charge in [-0.15, -0.1) is 0 Å². The van der Waals surface area contributed by atoms with Gasteiger partial charge in [-0.25, -0.2) is 9.18 Å². The maximum absolute atomic E-state index is 14.4. The normalized spacial score (nSPS) is 24.1. The third-order valence-corrected chi connectivity index (χ3v) is 8.82. The summed E-state index contributed by atoms with van der Waals surface area (Å²) in [6.45, 7) is 0.730. The fourth-order valence-electron chi connectivity index (χ4n) is 5.18. The van der Waals surface area contributed by atoms with Crippen molar-refractivity contribution in [2.24, 2.45) is 0 Å². The molecule has 0 bridgehead atoms. The summed E-state index contributed by atoms with van der Waals surface area (Å²) >= 11 is 14.0. The van der Waals surface area contributed by atoms with Gasteiger partial charge in [0, 0.05) is 17.0 Å². The number of rotatable bonds is 8. The van der Waals surface area contributed by atoms with E-state index in [1.807, 2.05) is 0 Å². The van der Waals surface area contributed by atoms with E-state index in [1.165, 1.54) is 6.07 Å². The first-order chi connectivity index (χ1) is 19.4. The van der Waals surface area contributed by atoms with Crippen molar-refractivity contribution in [3.05, 3.63) is 63.1 Å². The summed E-state index contributed by atoms with van der Waals surface area (Å²) in [6, 6.07) is 7.60. The molecule has 3 aliphatic rings. The number of carboxylic acid groups (broad SMARTS) is 1. The van der Waals surface area contributed by atoms with Crippen LogP contribution in [-0.2, 0) is 20.8 Å². The largest absolute Gasteiger partial charge is 0.478 e. The van der Waals surface area contributed by atoms with E-state index >= 15 is 0 Å². The summed E-state index contributed by atoms with van der Waals surface area (Å²) in [4.78, 5) is 15.5. The van der Waals surface area contributed by atoms with Crippen LogP contribution in [0.15, 0.2) is 34.9 Å². The van der Waals surface area contributed by atoms with Crippen LogP contribution >= 0.6 is 34.5 Å². The first kappa shape index (κ1) is 26.1. The van der Waals surface area contributed by atoms with Crippen LogP contribution in [-0.4, -0.2) is 58.8 Å². The molecule has 2 aromatic carbocycles. The predicted molar refractivity (Wildman–Crippen MR) is 143 cm³/mol. The minimum atomic E-state index is -1.22. The van der Waals surface area contributed by atoms with Gasteiger partial charge in [-0.3, -0.25) is 0 Å². The van der Waals surface area contributed by atoms with Gasteiger partial charge in [0.1, 0.15) is 35.3 Å². The highest BCUT2D eigenvalue weighted by molar-refractivity contribution is 7.20. The molecule has 1 N–H and O–H groups in total. The molecule has 1 aliphatic carbocycles. The number of aromatic carboxylic acids is 1. The summed E-state index contributed by atoms with van der Waals surface area (Å²) < 4.78 is 44.8. The summed E-state index contributed by atoms with van der Waals surface area (Å²) in [5.41, 5.74) is 1.89. The van der Waals surface area contributed by atoms with Gasteiger partial charge >= 0.3 is 5.97 Å².